The van der Waals surface area contributed by atoms with Gasteiger partial charge in [-0.1, -0.05) is 6.07 Å². The van der Waals surface area contributed by atoms with Gasteiger partial charge in [-0.05, 0) is 17.7 Å². The van der Waals surface area contributed by atoms with Crippen molar-refractivity contribution >= 4 is 5.96 Å². The van der Waals surface area contributed by atoms with Crippen LogP contribution in [0.5, 0.6) is 11.5 Å². The van der Waals surface area contributed by atoms with Crippen molar-refractivity contribution in [1.29, 1.82) is 0 Å². The van der Waals surface area contributed by atoms with Gasteiger partial charge in [0.05, 0.1) is 19.3 Å². The minimum absolute atomic E-state index is 0.0813. The Morgan fingerprint density at radius 2 is 2.26 bits per heavy atom. The van der Waals surface area contributed by atoms with Crippen LogP contribution < -0.4 is 14.8 Å². The maximum atomic E-state index is 5.68. The third-order valence-corrected chi connectivity index (χ3v) is 3.89. The summed E-state index contributed by atoms with van der Waals surface area (Å²) in [6.07, 6.45) is 0.0813. The molecule has 1 aromatic carbocycles. The van der Waals surface area contributed by atoms with E-state index in [2.05, 4.69) is 15.2 Å². The number of guanidine groups is 1. The number of ether oxygens (including phenoxy) is 4. The lowest BCUT2D eigenvalue weighted by molar-refractivity contribution is -0.0447. The molecule has 3 rings (SSSR count). The zero-order chi connectivity index (χ0) is 16.1. The third-order valence-electron chi connectivity index (χ3n) is 3.89. The van der Waals surface area contributed by atoms with E-state index in [-0.39, 0.29) is 6.10 Å². The van der Waals surface area contributed by atoms with E-state index in [1.165, 1.54) is 0 Å². The van der Waals surface area contributed by atoms with E-state index < -0.39 is 0 Å². The molecule has 0 aliphatic carbocycles. The highest BCUT2D eigenvalue weighted by Gasteiger charge is 2.22. The molecule has 0 amide bonds. The second-order valence-corrected chi connectivity index (χ2v) is 5.48. The molecular weight excluding hydrogens is 298 g/mol. The molecule has 1 unspecified atom stereocenters. The standard InChI is InChI=1S/C16H23N3O4/c1-17-16(19-5-6-21-13(9-19)10-20-2)18-8-12-3-4-14-15(7-12)23-11-22-14/h3-4,7,13H,5-6,8-11H2,1-2H3,(H,17,18). The van der Waals surface area contributed by atoms with E-state index in [9.17, 15) is 0 Å². The van der Waals surface area contributed by atoms with E-state index in [0.717, 1.165) is 36.1 Å². The Morgan fingerprint density at radius 1 is 1.39 bits per heavy atom. The molecule has 2 heterocycles. The van der Waals surface area contributed by atoms with Crippen LogP contribution in [0.2, 0.25) is 0 Å². The molecule has 2 aliphatic rings. The number of aliphatic imine (C=N–C) groups is 1. The van der Waals surface area contributed by atoms with Crippen LogP contribution in [0.4, 0.5) is 0 Å². The van der Waals surface area contributed by atoms with Crippen LogP contribution >= 0.6 is 0 Å². The lowest BCUT2D eigenvalue weighted by atomic mass is 10.2. The predicted octanol–water partition coefficient (Wildman–Crippen LogP) is 0.838. The van der Waals surface area contributed by atoms with Crippen LogP contribution in [0, 0.1) is 0 Å². The molecule has 7 heteroatoms. The second kappa shape index (κ2) is 7.52. The highest BCUT2D eigenvalue weighted by Crippen LogP contribution is 2.32. The maximum absolute atomic E-state index is 5.68. The summed E-state index contributed by atoms with van der Waals surface area (Å²) in [5.41, 5.74) is 1.12. The smallest absolute Gasteiger partial charge is 0.231 e. The van der Waals surface area contributed by atoms with Crippen LogP contribution in [0.15, 0.2) is 23.2 Å². The average Bonchev–Trinajstić information content (AvgIpc) is 3.04. The maximum Gasteiger partial charge on any atom is 0.231 e. The van der Waals surface area contributed by atoms with Gasteiger partial charge in [-0.3, -0.25) is 4.99 Å². The molecule has 23 heavy (non-hydrogen) atoms. The van der Waals surface area contributed by atoms with Crippen LogP contribution in [-0.4, -0.2) is 64.2 Å². The van der Waals surface area contributed by atoms with Gasteiger partial charge in [-0.2, -0.15) is 0 Å². The topological polar surface area (TPSA) is 64.6 Å². The molecule has 7 nitrogen and oxygen atoms in total. The summed E-state index contributed by atoms with van der Waals surface area (Å²) < 4.78 is 21.6. The minimum atomic E-state index is 0.0813. The summed E-state index contributed by atoms with van der Waals surface area (Å²) in [6, 6.07) is 5.96. The normalized spacial score (nSPS) is 20.7. The fourth-order valence-electron chi connectivity index (χ4n) is 2.76. The molecular formula is C16H23N3O4. The summed E-state index contributed by atoms with van der Waals surface area (Å²) in [5.74, 6) is 2.46. The Kier molecular flexibility index (Phi) is 5.19. The Morgan fingerprint density at radius 3 is 3.09 bits per heavy atom. The van der Waals surface area contributed by atoms with Crippen LogP contribution in [-0.2, 0) is 16.0 Å². The second-order valence-electron chi connectivity index (χ2n) is 5.48. The van der Waals surface area contributed by atoms with Gasteiger partial charge in [-0.25, -0.2) is 0 Å². The van der Waals surface area contributed by atoms with Gasteiger partial charge in [0.2, 0.25) is 6.79 Å². The van der Waals surface area contributed by atoms with Gasteiger partial charge >= 0.3 is 0 Å². The zero-order valence-electron chi connectivity index (χ0n) is 13.6. The lowest BCUT2D eigenvalue weighted by Gasteiger charge is -2.34. The molecule has 1 saturated heterocycles. The highest BCUT2D eigenvalue weighted by molar-refractivity contribution is 5.80. The number of rotatable bonds is 4. The number of methoxy groups -OCH3 is 1. The Balaban J connectivity index is 1.57. The molecule has 1 atom stereocenters. The number of hydrogen-bond acceptors (Lipinski definition) is 5. The summed E-state index contributed by atoms with van der Waals surface area (Å²) in [5, 5.41) is 3.39. The number of benzene rings is 1. The van der Waals surface area contributed by atoms with Crippen molar-refractivity contribution in [3.05, 3.63) is 23.8 Å². The Hall–Kier alpha value is -1.99. The van der Waals surface area contributed by atoms with Crippen LogP contribution in [0.25, 0.3) is 0 Å². The van der Waals surface area contributed by atoms with Crippen molar-refractivity contribution in [2.45, 2.75) is 12.6 Å². The molecule has 0 spiro atoms. The van der Waals surface area contributed by atoms with Crippen LogP contribution in [0.1, 0.15) is 5.56 Å². The van der Waals surface area contributed by atoms with Crippen molar-refractivity contribution in [2.75, 3.05) is 47.3 Å². The number of morpholine rings is 1. The number of fused-ring (bicyclic) bond motifs is 1. The molecule has 126 valence electrons. The average molecular weight is 321 g/mol. The van der Waals surface area contributed by atoms with E-state index >= 15 is 0 Å². The van der Waals surface area contributed by atoms with Crippen molar-refractivity contribution in [2.24, 2.45) is 4.99 Å². The molecule has 0 radical (unpaired) electrons. The highest BCUT2D eigenvalue weighted by atomic mass is 16.7. The van der Waals surface area contributed by atoms with Gasteiger partial charge in [0.15, 0.2) is 17.5 Å². The number of hydrogen-bond donors (Lipinski definition) is 1. The first-order valence-electron chi connectivity index (χ1n) is 7.75. The Labute approximate surface area is 136 Å². The largest absolute Gasteiger partial charge is 0.454 e. The summed E-state index contributed by atoms with van der Waals surface area (Å²) >= 11 is 0. The Bertz CT molecular complexity index is 562. The summed E-state index contributed by atoms with van der Waals surface area (Å²) in [4.78, 5) is 6.57. The van der Waals surface area contributed by atoms with E-state index in [4.69, 9.17) is 18.9 Å². The number of nitrogens with zero attached hydrogens (tertiary/aromatic N) is 2. The first kappa shape index (κ1) is 15.9. The quantitative estimate of drug-likeness (QED) is 0.655. The molecule has 0 bridgehead atoms. The first-order valence-corrected chi connectivity index (χ1v) is 7.75. The molecule has 1 N–H and O–H groups in total. The minimum Gasteiger partial charge on any atom is -0.454 e. The SMILES string of the molecule is CN=C(NCc1ccc2c(c1)OCO2)N1CCOC(COC)C1. The fourth-order valence-corrected chi connectivity index (χ4v) is 2.76. The molecule has 0 saturated carbocycles. The monoisotopic (exact) mass is 321 g/mol. The van der Waals surface area contributed by atoms with Crippen molar-refractivity contribution in [3.63, 3.8) is 0 Å². The van der Waals surface area contributed by atoms with Gasteiger partial charge in [0.1, 0.15) is 0 Å². The van der Waals surface area contributed by atoms with Gasteiger partial charge in [-0.15, -0.1) is 0 Å². The zero-order valence-corrected chi connectivity index (χ0v) is 13.6. The van der Waals surface area contributed by atoms with E-state index in [0.29, 0.717) is 26.6 Å². The molecule has 1 fully saturated rings. The van der Waals surface area contributed by atoms with Crippen molar-refractivity contribution < 1.29 is 18.9 Å². The van der Waals surface area contributed by atoms with Crippen LogP contribution in [0.3, 0.4) is 0 Å². The number of nitrogens with one attached hydrogen (secondary N) is 1. The first-order chi connectivity index (χ1) is 11.3. The summed E-state index contributed by atoms with van der Waals surface area (Å²) in [7, 11) is 3.48. The van der Waals surface area contributed by atoms with E-state index in [1.807, 2.05) is 18.2 Å². The van der Waals surface area contributed by atoms with Gasteiger partial charge in [0, 0.05) is 33.8 Å². The van der Waals surface area contributed by atoms with Gasteiger partial charge in [0.25, 0.3) is 0 Å². The fraction of sp³-hybridized carbons (Fsp3) is 0.562. The predicted molar refractivity (Wildman–Crippen MR) is 86.0 cm³/mol. The lowest BCUT2D eigenvalue weighted by Crippen LogP contribution is -2.51. The molecule has 1 aromatic rings. The van der Waals surface area contributed by atoms with E-state index in [1.54, 1.807) is 14.2 Å². The molecule has 2 aliphatic heterocycles. The van der Waals surface area contributed by atoms with Crippen molar-refractivity contribution in [3.8, 4) is 11.5 Å². The third kappa shape index (κ3) is 3.86. The summed E-state index contributed by atoms with van der Waals surface area (Å²) in [6.45, 7) is 3.84. The van der Waals surface area contributed by atoms with Gasteiger partial charge < -0.3 is 29.2 Å². The van der Waals surface area contributed by atoms with Crippen molar-refractivity contribution in [1.82, 2.24) is 10.2 Å². The molecule has 0 aromatic heterocycles.